The van der Waals surface area contributed by atoms with Crippen LogP contribution in [-0.4, -0.2) is 32.3 Å². The third-order valence-corrected chi connectivity index (χ3v) is 2.34. The van der Waals surface area contributed by atoms with E-state index in [2.05, 4.69) is 10.1 Å². The molecule has 1 aromatic rings. The fourth-order valence-electron chi connectivity index (χ4n) is 1.43. The van der Waals surface area contributed by atoms with Crippen molar-refractivity contribution in [3.8, 4) is 0 Å². The number of anilines is 2. The number of carbonyl (C=O) groups excluding carboxylic acids is 1. The Hall–Kier alpha value is -1.75. The molecule has 0 bridgehead atoms. The van der Waals surface area contributed by atoms with Gasteiger partial charge in [-0.2, -0.15) is 0 Å². The van der Waals surface area contributed by atoms with Crippen LogP contribution in [0.4, 0.5) is 11.4 Å². The van der Waals surface area contributed by atoms with E-state index in [0.29, 0.717) is 30.1 Å². The van der Waals surface area contributed by atoms with Gasteiger partial charge in [-0.25, -0.2) is 4.79 Å². The van der Waals surface area contributed by atoms with Crippen molar-refractivity contribution in [1.82, 2.24) is 0 Å². The number of nitrogens with two attached hydrogens (primary N) is 1. The van der Waals surface area contributed by atoms with E-state index < -0.39 is 0 Å². The molecule has 3 N–H and O–H groups in total. The molecule has 0 amide bonds. The van der Waals surface area contributed by atoms with Gasteiger partial charge in [0.2, 0.25) is 0 Å². The van der Waals surface area contributed by atoms with Gasteiger partial charge in [0.1, 0.15) is 0 Å². The number of nitrogens with one attached hydrogen (secondary N) is 1. The first-order chi connectivity index (χ1) is 8.54. The van der Waals surface area contributed by atoms with Crippen LogP contribution < -0.4 is 11.1 Å². The molecule has 0 aliphatic carbocycles. The molecule has 0 aromatic heterocycles. The minimum Gasteiger partial charge on any atom is -0.465 e. The molecule has 1 aromatic carbocycles. The Morgan fingerprint density at radius 1 is 1.44 bits per heavy atom. The lowest BCUT2D eigenvalue weighted by atomic mass is 10.1. The van der Waals surface area contributed by atoms with E-state index in [0.717, 1.165) is 0 Å². The van der Waals surface area contributed by atoms with E-state index in [4.69, 9.17) is 10.5 Å². The van der Waals surface area contributed by atoms with Gasteiger partial charge < -0.3 is 20.5 Å². The fraction of sp³-hybridized carbons (Fsp3) is 0.462. The van der Waals surface area contributed by atoms with Crippen LogP contribution in [0.5, 0.6) is 0 Å². The molecule has 0 aliphatic rings. The molecular weight excluding hydrogens is 232 g/mol. The van der Waals surface area contributed by atoms with Crippen LogP contribution in [0, 0.1) is 0 Å². The highest BCUT2D eigenvalue weighted by atomic mass is 16.5. The second kappa shape index (κ2) is 6.86. The average Bonchev–Trinajstić information content (AvgIpc) is 2.35. The molecule has 1 rings (SSSR count). The Morgan fingerprint density at radius 2 is 2.17 bits per heavy atom. The molecule has 100 valence electrons. The first-order valence-corrected chi connectivity index (χ1v) is 5.88. The third kappa shape index (κ3) is 4.25. The second-order valence-corrected chi connectivity index (χ2v) is 4.14. The molecule has 18 heavy (non-hydrogen) atoms. The molecule has 0 aliphatic heterocycles. The summed E-state index contributed by atoms with van der Waals surface area (Å²) in [4.78, 5) is 11.4. The maximum atomic E-state index is 11.4. The number of hydrogen-bond acceptors (Lipinski definition) is 5. The summed E-state index contributed by atoms with van der Waals surface area (Å²) in [5.41, 5.74) is 7.59. The first-order valence-electron chi connectivity index (χ1n) is 5.88. The van der Waals surface area contributed by atoms with Crippen molar-refractivity contribution < 1.29 is 14.3 Å². The first kappa shape index (κ1) is 14.3. The molecule has 0 atom stereocenters. The smallest absolute Gasteiger partial charge is 0.337 e. The van der Waals surface area contributed by atoms with Crippen molar-refractivity contribution in [1.29, 1.82) is 0 Å². The van der Waals surface area contributed by atoms with Crippen LogP contribution in [0.1, 0.15) is 24.2 Å². The Labute approximate surface area is 107 Å². The van der Waals surface area contributed by atoms with Gasteiger partial charge in [0.05, 0.1) is 36.8 Å². The van der Waals surface area contributed by atoms with Crippen LogP contribution >= 0.6 is 0 Å². The van der Waals surface area contributed by atoms with E-state index in [9.17, 15) is 4.79 Å². The maximum Gasteiger partial charge on any atom is 0.337 e. The molecular formula is C13H20N2O3. The van der Waals surface area contributed by atoms with Crippen molar-refractivity contribution in [2.45, 2.75) is 20.0 Å². The summed E-state index contributed by atoms with van der Waals surface area (Å²) in [5.74, 6) is -0.378. The lowest BCUT2D eigenvalue weighted by molar-refractivity contribution is 0.0601. The normalized spacial score (nSPS) is 10.4. The summed E-state index contributed by atoms with van der Waals surface area (Å²) < 4.78 is 10.1. The van der Waals surface area contributed by atoms with Crippen LogP contribution in [0.15, 0.2) is 18.2 Å². The highest BCUT2D eigenvalue weighted by molar-refractivity contribution is 5.91. The van der Waals surface area contributed by atoms with Crippen molar-refractivity contribution in [2.24, 2.45) is 0 Å². The number of carbonyl (C=O) groups is 1. The molecule has 5 nitrogen and oxygen atoms in total. The largest absolute Gasteiger partial charge is 0.465 e. The van der Waals surface area contributed by atoms with Gasteiger partial charge in [0.25, 0.3) is 0 Å². The van der Waals surface area contributed by atoms with Crippen LogP contribution in [0.25, 0.3) is 0 Å². The number of hydrogen-bond donors (Lipinski definition) is 2. The zero-order valence-electron chi connectivity index (χ0n) is 11.0. The van der Waals surface area contributed by atoms with E-state index in [1.165, 1.54) is 7.11 Å². The Kier molecular flexibility index (Phi) is 5.45. The van der Waals surface area contributed by atoms with Gasteiger partial charge in [0.15, 0.2) is 0 Å². The minimum absolute atomic E-state index is 0.200. The number of rotatable bonds is 6. The molecule has 0 saturated carbocycles. The quantitative estimate of drug-likeness (QED) is 0.459. The predicted molar refractivity (Wildman–Crippen MR) is 71.8 cm³/mol. The summed E-state index contributed by atoms with van der Waals surface area (Å²) in [5, 5.41) is 3.13. The molecule has 0 heterocycles. The maximum absolute atomic E-state index is 11.4. The highest BCUT2D eigenvalue weighted by Crippen LogP contribution is 2.20. The van der Waals surface area contributed by atoms with Crippen molar-refractivity contribution in [3.05, 3.63) is 23.8 Å². The number of methoxy groups -OCH3 is 1. The van der Waals surface area contributed by atoms with E-state index in [1.54, 1.807) is 18.2 Å². The van der Waals surface area contributed by atoms with Crippen molar-refractivity contribution in [3.63, 3.8) is 0 Å². The number of ether oxygens (including phenoxy) is 2. The summed E-state index contributed by atoms with van der Waals surface area (Å²) in [7, 11) is 1.35. The zero-order valence-corrected chi connectivity index (χ0v) is 11.0. The van der Waals surface area contributed by atoms with Gasteiger partial charge >= 0.3 is 5.97 Å². The average molecular weight is 252 g/mol. The van der Waals surface area contributed by atoms with E-state index >= 15 is 0 Å². The minimum atomic E-state index is -0.378. The van der Waals surface area contributed by atoms with Gasteiger partial charge in [-0.15, -0.1) is 0 Å². The standard InChI is InChI=1S/C13H20N2O3/c1-9(2)18-7-6-15-12-8-10(13(16)17-3)4-5-11(12)14/h4-5,8-9,15H,6-7,14H2,1-3H3. The summed E-state index contributed by atoms with van der Waals surface area (Å²) >= 11 is 0. The molecule has 0 fully saturated rings. The van der Waals surface area contributed by atoms with Crippen LogP contribution in [0.3, 0.4) is 0 Å². The molecule has 0 spiro atoms. The monoisotopic (exact) mass is 252 g/mol. The fourth-order valence-corrected chi connectivity index (χ4v) is 1.43. The lowest BCUT2D eigenvalue weighted by Gasteiger charge is -2.12. The van der Waals surface area contributed by atoms with Crippen molar-refractivity contribution in [2.75, 3.05) is 31.3 Å². The van der Waals surface area contributed by atoms with Crippen molar-refractivity contribution >= 4 is 17.3 Å². The Bertz CT molecular complexity index is 405. The van der Waals surface area contributed by atoms with E-state index in [1.807, 2.05) is 13.8 Å². The molecule has 0 unspecified atom stereocenters. The zero-order chi connectivity index (χ0) is 13.5. The SMILES string of the molecule is COC(=O)c1ccc(N)c(NCCOC(C)C)c1. The predicted octanol–water partition coefficient (Wildman–Crippen LogP) is 1.89. The number of esters is 1. The Morgan fingerprint density at radius 3 is 2.78 bits per heavy atom. The number of nitrogen functional groups attached to an aromatic ring is 1. The summed E-state index contributed by atoms with van der Waals surface area (Å²) in [6.07, 6.45) is 0.200. The van der Waals surface area contributed by atoms with Crippen LogP contribution in [-0.2, 0) is 9.47 Å². The molecule has 0 radical (unpaired) electrons. The second-order valence-electron chi connectivity index (χ2n) is 4.14. The van der Waals surface area contributed by atoms with E-state index in [-0.39, 0.29) is 12.1 Å². The van der Waals surface area contributed by atoms with Gasteiger partial charge in [-0.3, -0.25) is 0 Å². The highest BCUT2D eigenvalue weighted by Gasteiger charge is 2.08. The number of benzene rings is 1. The van der Waals surface area contributed by atoms with Gasteiger partial charge in [-0.05, 0) is 32.0 Å². The topological polar surface area (TPSA) is 73.6 Å². The molecule has 0 saturated heterocycles. The summed E-state index contributed by atoms with van der Waals surface area (Å²) in [6, 6.07) is 4.99. The van der Waals surface area contributed by atoms with Crippen LogP contribution in [0.2, 0.25) is 0 Å². The third-order valence-electron chi connectivity index (χ3n) is 2.34. The molecule has 5 heteroatoms. The summed E-state index contributed by atoms with van der Waals surface area (Å²) in [6.45, 7) is 5.17. The van der Waals surface area contributed by atoms with Gasteiger partial charge in [0, 0.05) is 6.54 Å². The Balaban J connectivity index is 2.61. The lowest BCUT2D eigenvalue weighted by Crippen LogP contribution is -2.14. The van der Waals surface area contributed by atoms with Gasteiger partial charge in [-0.1, -0.05) is 0 Å².